The number of ether oxygens (including phenoxy) is 1. The zero-order chi connectivity index (χ0) is 19.7. The van der Waals surface area contributed by atoms with E-state index in [0.717, 1.165) is 16.7 Å². The maximum Gasteiger partial charge on any atom is 0.338 e. The summed E-state index contributed by atoms with van der Waals surface area (Å²) in [5.74, 6) is -0.416. The Balaban J connectivity index is 2.28. The summed E-state index contributed by atoms with van der Waals surface area (Å²) >= 11 is 0. The maximum atomic E-state index is 12.7. The third kappa shape index (κ3) is 6.17. The van der Waals surface area contributed by atoms with Gasteiger partial charge in [0.15, 0.2) is 0 Å². The van der Waals surface area contributed by atoms with E-state index in [0.29, 0.717) is 18.8 Å². The van der Waals surface area contributed by atoms with Gasteiger partial charge < -0.3 is 13.8 Å². The number of carbonyl (C=O) groups excluding carboxylic acids is 1. The van der Waals surface area contributed by atoms with Gasteiger partial charge in [0, 0.05) is 0 Å². The van der Waals surface area contributed by atoms with Gasteiger partial charge in [-0.05, 0) is 36.6 Å². The van der Waals surface area contributed by atoms with E-state index in [-0.39, 0.29) is 6.16 Å². The van der Waals surface area contributed by atoms with Crippen LogP contribution in [0, 0.1) is 0 Å². The molecule has 0 heterocycles. The highest BCUT2D eigenvalue weighted by molar-refractivity contribution is 7.53. The molecule has 2 aromatic carbocycles. The monoisotopic (exact) mass is 388 g/mol. The van der Waals surface area contributed by atoms with Gasteiger partial charge in [-0.15, -0.1) is 0 Å². The van der Waals surface area contributed by atoms with Gasteiger partial charge in [-0.1, -0.05) is 54.6 Å². The number of benzene rings is 2. The minimum atomic E-state index is -3.17. The highest BCUT2D eigenvalue weighted by Gasteiger charge is 2.24. The molecule has 0 amide bonds. The van der Waals surface area contributed by atoms with Crippen molar-refractivity contribution in [3.63, 3.8) is 0 Å². The van der Waals surface area contributed by atoms with Crippen LogP contribution in [-0.2, 0) is 29.3 Å². The molecule has 5 nitrogen and oxygen atoms in total. The van der Waals surface area contributed by atoms with Crippen LogP contribution in [0.2, 0.25) is 0 Å². The first-order valence-electron chi connectivity index (χ1n) is 8.83. The van der Waals surface area contributed by atoms with E-state index in [1.54, 1.807) is 19.9 Å². The van der Waals surface area contributed by atoms with Gasteiger partial charge in [0.25, 0.3) is 0 Å². The van der Waals surface area contributed by atoms with Gasteiger partial charge >= 0.3 is 13.6 Å². The van der Waals surface area contributed by atoms with Gasteiger partial charge in [0.2, 0.25) is 0 Å². The third-order valence-corrected chi connectivity index (χ3v) is 5.86. The van der Waals surface area contributed by atoms with E-state index in [9.17, 15) is 9.36 Å². The summed E-state index contributed by atoms with van der Waals surface area (Å²) in [4.78, 5) is 12.2. The smallest absolute Gasteiger partial charge is 0.338 e. The summed E-state index contributed by atoms with van der Waals surface area (Å²) in [6.45, 7) is 4.21. The minimum Gasteiger partial charge on any atom is -0.465 e. The Kier molecular flexibility index (Phi) is 7.99. The summed E-state index contributed by atoms with van der Waals surface area (Å²) in [5, 5.41) is 0. The number of rotatable bonds is 9. The quantitative estimate of drug-likeness (QED) is 0.257. The molecular weight excluding hydrogens is 363 g/mol. The van der Waals surface area contributed by atoms with E-state index < -0.39 is 13.6 Å². The minimum absolute atomic E-state index is 0.185. The first kappa shape index (κ1) is 21.1. The summed E-state index contributed by atoms with van der Waals surface area (Å²) < 4.78 is 28.3. The zero-order valence-electron chi connectivity index (χ0n) is 15.9. The van der Waals surface area contributed by atoms with Crippen molar-refractivity contribution in [3.05, 3.63) is 71.3 Å². The summed E-state index contributed by atoms with van der Waals surface area (Å²) in [6.07, 6.45) is 1.97. The second kappa shape index (κ2) is 10.2. The molecule has 2 aromatic rings. The fourth-order valence-electron chi connectivity index (χ4n) is 2.62. The van der Waals surface area contributed by atoms with E-state index in [4.69, 9.17) is 13.8 Å². The summed E-state index contributed by atoms with van der Waals surface area (Å²) in [5.41, 5.74) is 2.89. The van der Waals surface area contributed by atoms with Crippen LogP contribution < -0.4 is 0 Å². The molecule has 0 bridgehead atoms. The van der Waals surface area contributed by atoms with Crippen LogP contribution >= 0.6 is 7.60 Å². The number of esters is 1. The Morgan fingerprint density at radius 1 is 0.963 bits per heavy atom. The first-order valence-corrected chi connectivity index (χ1v) is 10.6. The van der Waals surface area contributed by atoms with Gasteiger partial charge in [0.05, 0.1) is 32.1 Å². The highest BCUT2D eigenvalue weighted by atomic mass is 31.2. The molecule has 0 aliphatic carbocycles. The molecule has 0 aliphatic heterocycles. The van der Waals surface area contributed by atoms with Crippen molar-refractivity contribution in [2.45, 2.75) is 20.0 Å². The van der Waals surface area contributed by atoms with Crippen LogP contribution in [0.15, 0.2) is 54.6 Å². The topological polar surface area (TPSA) is 61.8 Å². The second-order valence-electron chi connectivity index (χ2n) is 5.76. The third-order valence-electron chi connectivity index (χ3n) is 3.81. The number of hydrogen-bond donors (Lipinski definition) is 0. The molecule has 0 unspecified atom stereocenters. The lowest BCUT2D eigenvalue weighted by atomic mass is 10.0. The SMILES string of the molecule is CCOP(=O)(Cc1ccc(C(=Cc2ccccc2)C(=O)OC)cc1)OCC. The molecule has 6 heteroatoms. The van der Waals surface area contributed by atoms with Crippen LogP contribution in [0.5, 0.6) is 0 Å². The van der Waals surface area contributed by atoms with Gasteiger partial charge in [-0.3, -0.25) is 4.57 Å². The normalized spacial score (nSPS) is 12.0. The number of hydrogen-bond acceptors (Lipinski definition) is 5. The largest absolute Gasteiger partial charge is 0.465 e. The fourth-order valence-corrected chi connectivity index (χ4v) is 4.32. The standard InChI is InChI=1S/C21H25O5P/c1-4-25-27(23,26-5-2)16-18-11-13-19(14-12-18)20(21(22)24-3)15-17-9-7-6-8-10-17/h6-15H,4-5,16H2,1-3H3. The Bertz CT molecular complexity index is 802. The van der Waals surface area contributed by atoms with Crippen molar-refractivity contribution >= 4 is 25.2 Å². The van der Waals surface area contributed by atoms with E-state index in [2.05, 4.69) is 0 Å². The Morgan fingerprint density at radius 3 is 2.07 bits per heavy atom. The lowest BCUT2D eigenvalue weighted by Gasteiger charge is -2.17. The van der Waals surface area contributed by atoms with Crippen molar-refractivity contribution in [1.82, 2.24) is 0 Å². The highest BCUT2D eigenvalue weighted by Crippen LogP contribution is 2.51. The van der Waals surface area contributed by atoms with Crippen molar-refractivity contribution in [2.24, 2.45) is 0 Å². The molecular formula is C21H25O5P. The predicted molar refractivity (Wildman–Crippen MR) is 107 cm³/mol. The Labute approximate surface area is 160 Å². The van der Waals surface area contributed by atoms with Crippen LogP contribution in [-0.4, -0.2) is 26.3 Å². The van der Waals surface area contributed by atoms with Crippen LogP contribution in [0.25, 0.3) is 11.6 Å². The molecule has 0 spiro atoms. The molecule has 2 rings (SSSR count). The molecule has 0 saturated heterocycles. The van der Waals surface area contributed by atoms with Crippen LogP contribution in [0.1, 0.15) is 30.5 Å². The molecule has 0 aromatic heterocycles. The van der Waals surface area contributed by atoms with Crippen molar-refractivity contribution in [2.75, 3.05) is 20.3 Å². The zero-order valence-corrected chi connectivity index (χ0v) is 16.8. The van der Waals surface area contributed by atoms with Crippen LogP contribution in [0.4, 0.5) is 0 Å². The van der Waals surface area contributed by atoms with Crippen molar-refractivity contribution < 1.29 is 23.1 Å². The summed E-state index contributed by atoms with van der Waals surface area (Å²) in [7, 11) is -1.81. The second-order valence-corrected chi connectivity index (χ2v) is 7.82. The average molecular weight is 388 g/mol. The Hall–Kier alpha value is -2.20. The molecule has 0 aliphatic rings. The average Bonchev–Trinajstić information content (AvgIpc) is 2.67. The predicted octanol–water partition coefficient (Wildman–Crippen LogP) is 5.17. The van der Waals surface area contributed by atoms with Gasteiger partial charge in [0.1, 0.15) is 0 Å². The summed E-state index contributed by atoms with van der Waals surface area (Å²) in [6, 6.07) is 16.8. The Morgan fingerprint density at radius 2 is 1.56 bits per heavy atom. The van der Waals surface area contributed by atoms with E-state index >= 15 is 0 Å². The molecule has 0 saturated carbocycles. The van der Waals surface area contributed by atoms with E-state index in [1.807, 2.05) is 54.6 Å². The number of carbonyl (C=O) groups is 1. The van der Waals surface area contributed by atoms with Gasteiger partial charge in [-0.2, -0.15) is 0 Å². The molecule has 144 valence electrons. The van der Waals surface area contributed by atoms with Gasteiger partial charge in [-0.25, -0.2) is 4.79 Å². The molecule has 0 N–H and O–H groups in total. The molecule has 0 radical (unpaired) electrons. The molecule has 0 fully saturated rings. The van der Waals surface area contributed by atoms with Crippen molar-refractivity contribution in [1.29, 1.82) is 0 Å². The van der Waals surface area contributed by atoms with E-state index in [1.165, 1.54) is 7.11 Å². The first-order chi connectivity index (χ1) is 13.0. The van der Waals surface area contributed by atoms with Crippen LogP contribution in [0.3, 0.4) is 0 Å². The fraction of sp³-hybridized carbons (Fsp3) is 0.286. The maximum absolute atomic E-state index is 12.7. The lowest BCUT2D eigenvalue weighted by molar-refractivity contribution is -0.133. The molecule has 27 heavy (non-hydrogen) atoms. The van der Waals surface area contributed by atoms with Crippen molar-refractivity contribution in [3.8, 4) is 0 Å². The number of methoxy groups -OCH3 is 1. The lowest BCUT2D eigenvalue weighted by Crippen LogP contribution is -2.04. The molecule has 0 atom stereocenters.